The molecule has 0 saturated carbocycles. The van der Waals surface area contributed by atoms with Gasteiger partial charge in [-0.05, 0) is 26.5 Å². The van der Waals surface area contributed by atoms with Gasteiger partial charge in [0.2, 0.25) is 0 Å². The smallest absolute Gasteiger partial charge is 0.166 e. The maximum absolute atomic E-state index is 6.31. The van der Waals surface area contributed by atoms with E-state index in [0.29, 0.717) is 6.61 Å². The van der Waals surface area contributed by atoms with Crippen LogP contribution in [-0.2, 0) is 18.9 Å². The van der Waals surface area contributed by atoms with Gasteiger partial charge >= 0.3 is 0 Å². The Kier molecular flexibility index (Phi) is 5.39. The van der Waals surface area contributed by atoms with Gasteiger partial charge in [0.1, 0.15) is 35.2 Å². The quantitative estimate of drug-likeness (QED) is 0.403. The predicted octanol–water partition coefficient (Wildman–Crippen LogP) is 2.78. The van der Waals surface area contributed by atoms with Crippen molar-refractivity contribution in [1.29, 1.82) is 0 Å². The summed E-state index contributed by atoms with van der Waals surface area (Å²) in [7, 11) is 0. The standard InChI is InChI=1S/C18H26N4O4S/c1-5-6-7-23-8-11-13-14(26-18(2,3)25-13)17(24-11)22-10-21-12-15(22)19-9-20-16(12)27-4/h9-11,13-14,17H,5-8H2,1-4H3/t11-,13?,14?,17-/m1/s1. The number of fused-ring (bicyclic) bond motifs is 2. The second-order valence-electron chi connectivity index (χ2n) is 7.27. The summed E-state index contributed by atoms with van der Waals surface area (Å²) in [5.74, 6) is -0.658. The number of imidazole rings is 1. The number of thioether (sulfide) groups is 1. The molecule has 2 aliphatic rings. The van der Waals surface area contributed by atoms with Gasteiger partial charge in [0, 0.05) is 6.61 Å². The molecule has 2 aliphatic heterocycles. The second-order valence-corrected chi connectivity index (χ2v) is 8.06. The summed E-state index contributed by atoms with van der Waals surface area (Å²) in [6, 6.07) is 0. The number of hydrogen-bond donors (Lipinski definition) is 0. The van der Waals surface area contributed by atoms with Crippen molar-refractivity contribution in [1.82, 2.24) is 19.5 Å². The van der Waals surface area contributed by atoms with E-state index >= 15 is 0 Å². The van der Waals surface area contributed by atoms with Crippen LogP contribution in [0.3, 0.4) is 0 Å². The summed E-state index contributed by atoms with van der Waals surface area (Å²) in [4.78, 5) is 13.2. The van der Waals surface area contributed by atoms with Crippen LogP contribution >= 0.6 is 11.8 Å². The second kappa shape index (κ2) is 7.63. The van der Waals surface area contributed by atoms with E-state index in [4.69, 9.17) is 18.9 Å². The van der Waals surface area contributed by atoms with Crippen molar-refractivity contribution in [3.05, 3.63) is 12.7 Å². The molecule has 4 atom stereocenters. The Balaban J connectivity index is 1.61. The number of ether oxygens (including phenoxy) is 4. The van der Waals surface area contributed by atoms with Crippen molar-refractivity contribution in [2.45, 2.75) is 69.0 Å². The van der Waals surface area contributed by atoms with E-state index in [9.17, 15) is 0 Å². The molecule has 4 rings (SSSR count). The van der Waals surface area contributed by atoms with E-state index in [-0.39, 0.29) is 24.5 Å². The molecule has 2 saturated heterocycles. The minimum absolute atomic E-state index is 0.189. The van der Waals surface area contributed by atoms with E-state index in [1.54, 1.807) is 24.4 Å². The van der Waals surface area contributed by atoms with E-state index in [2.05, 4.69) is 21.9 Å². The zero-order valence-electron chi connectivity index (χ0n) is 16.1. The van der Waals surface area contributed by atoms with Crippen LogP contribution in [0.2, 0.25) is 0 Å². The average Bonchev–Trinajstić information content (AvgIpc) is 3.29. The largest absolute Gasteiger partial charge is 0.379 e. The van der Waals surface area contributed by atoms with E-state index in [1.165, 1.54) is 0 Å². The summed E-state index contributed by atoms with van der Waals surface area (Å²) in [6.07, 6.45) is 6.41. The topological polar surface area (TPSA) is 80.5 Å². The van der Waals surface area contributed by atoms with Crippen molar-refractivity contribution >= 4 is 22.9 Å². The molecule has 148 valence electrons. The Labute approximate surface area is 163 Å². The minimum Gasteiger partial charge on any atom is -0.379 e. The Morgan fingerprint density at radius 1 is 1.22 bits per heavy atom. The van der Waals surface area contributed by atoms with Gasteiger partial charge in [0.15, 0.2) is 17.7 Å². The zero-order valence-corrected chi connectivity index (χ0v) is 16.9. The van der Waals surface area contributed by atoms with Crippen molar-refractivity contribution in [3.63, 3.8) is 0 Å². The molecule has 4 heterocycles. The van der Waals surface area contributed by atoms with Crippen LogP contribution < -0.4 is 0 Å². The van der Waals surface area contributed by atoms with Crippen LogP contribution in [0.15, 0.2) is 17.7 Å². The molecular formula is C18H26N4O4S. The fraction of sp³-hybridized carbons (Fsp3) is 0.722. The summed E-state index contributed by atoms with van der Waals surface area (Å²) in [5.41, 5.74) is 1.50. The molecule has 0 bridgehead atoms. The lowest BCUT2D eigenvalue weighted by molar-refractivity contribution is -0.201. The normalized spacial score (nSPS) is 29.5. The zero-order chi connectivity index (χ0) is 19.0. The first-order chi connectivity index (χ1) is 13.0. The molecule has 0 aliphatic carbocycles. The number of hydrogen-bond acceptors (Lipinski definition) is 8. The Morgan fingerprint density at radius 3 is 2.81 bits per heavy atom. The van der Waals surface area contributed by atoms with Gasteiger partial charge in [0.05, 0.1) is 12.9 Å². The summed E-state index contributed by atoms with van der Waals surface area (Å²) in [6.45, 7) is 7.21. The molecule has 2 fully saturated rings. The molecule has 2 unspecified atom stereocenters. The molecular weight excluding hydrogens is 368 g/mol. The number of unbranched alkanes of at least 4 members (excludes halogenated alkanes) is 1. The summed E-state index contributed by atoms with van der Waals surface area (Å²) in [5, 5.41) is 0.844. The third kappa shape index (κ3) is 3.58. The highest BCUT2D eigenvalue weighted by Gasteiger charge is 2.56. The third-order valence-electron chi connectivity index (χ3n) is 4.84. The highest BCUT2D eigenvalue weighted by molar-refractivity contribution is 7.98. The van der Waals surface area contributed by atoms with Crippen LogP contribution in [0.4, 0.5) is 0 Å². The van der Waals surface area contributed by atoms with Crippen molar-refractivity contribution < 1.29 is 18.9 Å². The molecule has 27 heavy (non-hydrogen) atoms. The first-order valence-electron chi connectivity index (χ1n) is 9.34. The van der Waals surface area contributed by atoms with Crippen molar-refractivity contribution in [2.75, 3.05) is 19.5 Å². The van der Waals surface area contributed by atoms with Gasteiger partial charge in [0.25, 0.3) is 0 Å². The van der Waals surface area contributed by atoms with E-state index < -0.39 is 5.79 Å². The highest BCUT2D eigenvalue weighted by Crippen LogP contribution is 2.44. The first-order valence-corrected chi connectivity index (χ1v) is 10.6. The third-order valence-corrected chi connectivity index (χ3v) is 5.53. The first kappa shape index (κ1) is 19.1. The van der Waals surface area contributed by atoms with Gasteiger partial charge in [-0.25, -0.2) is 15.0 Å². The summed E-state index contributed by atoms with van der Waals surface area (Å²) < 4.78 is 26.3. The maximum atomic E-state index is 6.31. The van der Waals surface area contributed by atoms with Gasteiger partial charge in [-0.2, -0.15) is 0 Å². The average molecular weight is 394 g/mol. The number of nitrogens with zero attached hydrogens (tertiary/aromatic N) is 4. The van der Waals surface area contributed by atoms with Crippen LogP contribution in [0, 0.1) is 0 Å². The lowest BCUT2D eigenvalue weighted by atomic mass is 10.1. The van der Waals surface area contributed by atoms with Crippen molar-refractivity contribution in [2.24, 2.45) is 0 Å². The molecule has 0 amide bonds. The molecule has 0 N–H and O–H groups in total. The molecule has 2 aromatic rings. The Hall–Kier alpha value is -1.26. The maximum Gasteiger partial charge on any atom is 0.166 e. The van der Waals surface area contributed by atoms with Crippen LogP contribution in [0.1, 0.15) is 39.8 Å². The van der Waals surface area contributed by atoms with Gasteiger partial charge in [-0.1, -0.05) is 13.3 Å². The number of aromatic nitrogens is 4. The Bertz CT molecular complexity index is 799. The molecule has 8 nitrogen and oxygen atoms in total. The molecule has 0 aromatic carbocycles. The fourth-order valence-electron chi connectivity index (χ4n) is 3.63. The van der Waals surface area contributed by atoms with Crippen molar-refractivity contribution in [3.8, 4) is 0 Å². The van der Waals surface area contributed by atoms with Gasteiger partial charge in [-0.3, -0.25) is 4.57 Å². The van der Waals surface area contributed by atoms with Crippen LogP contribution in [0.5, 0.6) is 0 Å². The van der Waals surface area contributed by atoms with Gasteiger partial charge in [-0.15, -0.1) is 11.8 Å². The van der Waals surface area contributed by atoms with E-state index in [0.717, 1.165) is 35.6 Å². The lowest BCUT2D eigenvalue weighted by Gasteiger charge is -2.24. The Morgan fingerprint density at radius 2 is 2.04 bits per heavy atom. The van der Waals surface area contributed by atoms with Crippen LogP contribution in [0.25, 0.3) is 11.2 Å². The molecule has 9 heteroatoms. The number of rotatable bonds is 7. The van der Waals surface area contributed by atoms with E-state index in [1.807, 2.05) is 24.7 Å². The lowest BCUT2D eigenvalue weighted by Crippen LogP contribution is -2.33. The minimum atomic E-state index is -0.658. The fourth-order valence-corrected chi connectivity index (χ4v) is 4.12. The molecule has 2 aromatic heterocycles. The van der Waals surface area contributed by atoms with Crippen LogP contribution in [-0.4, -0.2) is 63.1 Å². The van der Waals surface area contributed by atoms with Gasteiger partial charge < -0.3 is 18.9 Å². The summed E-state index contributed by atoms with van der Waals surface area (Å²) >= 11 is 1.55. The monoisotopic (exact) mass is 394 g/mol. The molecule has 0 spiro atoms. The molecule has 0 radical (unpaired) electrons. The SMILES string of the molecule is CCCCOC[C@H]1O[C@@H](n2cnc3c(SC)ncnc32)C2OC(C)(C)OC21. The predicted molar refractivity (Wildman–Crippen MR) is 101 cm³/mol. The highest BCUT2D eigenvalue weighted by atomic mass is 32.2.